The van der Waals surface area contributed by atoms with Crippen LogP contribution in [0.3, 0.4) is 0 Å². The Labute approximate surface area is 98.8 Å². The molecule has 0 spiro atoms. The van der Waals surface area contributed by atoms with Gasteiger partial charge in [-0.15, -0.1) is 0 Å². The number of rotatable bonds is 3. The smallest absolute Gasteiger partial charge is 0.410 e. The highest BCUT2D eigenvalue weighted by molar-refractivity contribution is 5.82. The van der Waals surface area contributed by atoms with Crippen LogP contribution in [-0.2, 0) is 19.1 Å². The van der Waals surface area contributed by atoms with E-state index in [0.717, 1.165) is 0 Å². The van der Waals surface area contributed by atoms with Crippen LogP contribution in [0, 0.1) is 11.8 Å². The van der Waals surface area contributed by atoms with Crippen molar-refractivity contribution in [3.63, 3.8) is 0 Å². The van der Waals surface area contributed by atoms with Crippen molar-refractivity contribution in [2.45, 2.75) is 19.4 Å². The molecule has 6 heteroatoms. The van der Waals surface area contributed by atoms with Crippen LogP contribution in [0.2, 0.25) is 0 Å². The van der Waals surface area contributed by atoms with Gasteiger partial charge >= 0.3 is 12.1 Å². The minimum atomic E-state index is -0.395. The van der Waals surface area contributed by atoms with Crippen molar-refractivity contribution in [2.75, 3.05) is 20.3 Å². The van der Waals surface area contributed by atoms with Gasteiger partial charge < -0.3 is 14.4 Å². The molecule has 0 N–H and O–H groups in total. The predicted molar refractivity (Wildman–Crippen MR) is 56.1 cm³/mol. The fourth-order valence-corrected chi connectivity index (χ4v) is 2.63. The zero-order valence-corrected chi connectivity index (χ0v) is 9.84. The van der Waals surface area contributed by atoms with Crippen molar-refractivity contribution in [1.82, 2.24) is 4.90 Å². The lowest BCUT2D eigenvalue weighted by atomic mass is 9.85. The molecule has 94 valence electrons. The predicted octanol–water partition coefficient (Wildman–Crippen LogP) is 0.205. The zero-order valence-electron chi connectivity index (χ0n) is 9.84. The Kier molecular flexibility index (Phi) is 3.04. The maximum atomic E-state index is 11.5. The highest BCUT2D eigenvalue weighted by atomic mass is 16.6. The van der Waals surface area contributed by atoms with Crippen molar-refractivity contribution in [1.29, 1.82) is 0 Å². The Morgan fingerprint density at radius 2 is 2.24 bits per heavy atom. The van der Waals surface area contributed by atoms with Crippen molar-refractivity contribution in [2.24, 2.45) is 11.8 Å². The first-order chi connectivity index (χ1) is 8.04. The van der Waals surface area contributed by atoms with Gasteiger partial charge in [-0.05, 0) is 6.92 Å². The molecule has 2 aliphatic rings. The molecule has 0 aromatic carbocycles. The van der Waals surface area contributed by atoms with Gasteiger partial charge in [0.15, 0.2) is 0 Å². The van der Waals surface area contributed by atoms with Crippen LogP contribution in [0.15, 0.2) is 0 Å². The number of carbonyl (C=O) groups is 3. The lowest BCUT2D eigenvalue weighted by Crippen LogP contribution is -2.31. The number of methoxy groups -OCH3 is 1. The average molecular weight is 241 g/mol. The summed E-state index contributed by atoms with van der Waals surface area (Å²) in [4.78, 5) is 35.8. The Balaban J connectivity index is 2.16. The minimum Gasteiger partial charge on any atom is -0.469 e. The first kappa shape index (κ1) is 11.9. The van der Waals surface area contributed by atoms with Crippen LogP contribution < -0.4 is 0 Å². The molecule has 0 radical (unpaired) electrons. The summed E-state index contributed by atoms with van der Waals surface area (Å²) in [5.74, 6) is -0.832. The maximum absolute atomic E-state index is 11.5. The fraction of sp³-hybridized carbons (Fsp3) is 0.727. The van der Waals surface area contributed by atoms with E-state index in [9.17, 15) is 14.4 Å². The number of amides is 1. The highest BCUT2D eigenvalue weighted by Crippen LogP contribution is 2.36. The van der Waals surface area contributed by atoms with Crippen LogP contribution in [-0.4, -0.2) is 49.0 Å². The molecule has 2 fully saturated rings. The summed E-state index contributed by atoms with van der Waals surface area (Å²) in [6.07, 6.45) is -0.243. The lowest BCUT2D eigenvalue weighted by Gasteiger charge is -2.18. The molecule has 0 unspecified atom stereocenters. The second kappa shape index (κ2) is 4.35. The average Bonchev–Trinajstić information content (AvgIpc) is 2.81. The molecule has 2 heterocycles. The van der Waals surface area contributed by atoms with E-state index in [0.29, 0.717) is 6.54 Å². The number of cyclic esters (lactones) is 1. The molecular formula is C11H15NO5. The van der Waals surface area contributed by atoms with E-state index in [1.54, 1.807) is 4.90 Å². The van der Waals surface area contributed by atoms with Crippen LogP contribution in [0.4, 0.5) is 4.79 Å². The second-order valence-electron chi connectivity index (χ2n) is 4.46. The van der Waals surface area contributed by atoms with Crippen LogP contribution in [0.1, 0.15) is 13.3 Å². The lowest BCUT2D eigenvalue weighted by molar-refractivity contribution is -0.142. The number of carbonyl (C=O) groups excluding carboxylic acids is 3. The van der Waals surface area contributed by atoms with E-state index in [2.05, 4.69) is 4.74 Å². The van der Waals surface area contributed by atoms with E-state index in [1.807, 2.05) is 0 Å². The number of hydrogen-bond acceptors (Lipinski definition) is 5. The SMILES string of the molecule is COC(=O)C[C@H]1[C@@H](C(C)=O)CN2C(=O)OC[C@H]12. The standard InChI is InChI=1S/C11H15NO5/c1-6(13)8-4-12-9(5-17-11(12)15)7(8)3-10(14)16-2/h7-9H,3-5H2,1-2H3/t7-,8+,9+/m0/s1. The van der Waals surface area contributed by atoms with E-state index >= 15 is 0 Å². The maximum Gasteiger partial charge on any atom is 0.410 e. The van der Waals surface area contributed by atoms with Gasteiger partial charge in [0.1, 0.15) is 12.4 Å². The molecule has 0 bridgehead atoms. The van der Waals surface area contributed by atoms with E-state index in [1.165, 1.54) is 14.0 Å². The Morgan fingerprint density at radius 1 is 1.53 bits per heavy atom. The second-order valence-corrected chi connectivity index (χ2v) is 4.46. The van der Waals surface area contributed by atoms with E-state index in [4.69, 9.17) is 4.74 Å². The molecule has 17 heavy (non-hydrogen) atoms. The van der Waals surface area contributed by atoms with Gasteiger partial charge in [-0.1, -0.05) is 0 Å². The van der Waals surface area contributed by atoms with Gasteiger partial charge in [-0.2, -0.15) is 0 Å². The zero-order chi connectivity index (χ0) is 12.6. The first-order valence-electron chi connectivity index (χ1n) is 5.55. The summed E-state index contributed by atoms with van der Waals surface area (Å²) in [7, 11) is 1.31. The topological polar surface area (TPSA) is 72.9 Å². The molecule has 0 aromatic rings. The summed E-state index contributed by atoms with van der Waals surface area (Å²) in [6.45, 7) is 2.09. The summed E-state index contributed by atoms with van der Waals surface area (Å²) in [6, 6.07) is -0.171. The van der Waals surface area contributed by atoms with Crippen LogP contribution in [0.5, 0.6) is 0 Å². The Hall–Kier alpha value is -1.59. The number of nitrogens with zero attached hydrogens (tertiary/aromatic N) is 1. The minimum absolute atomic E-state index is 0.00102. The van der Waals surface area contributed by atoms with E-state index in [-0.39, 0.29) is 42.7 Å². The number of fused-ring (bicyclic) bond motifs is 1. The number of Topliss-reactive ketones (excluding diaryl/α,β-unsaturated/α-hetero) is 1. The van der Waals surface area contributed by atoms with Gasteiger partial charge in [0.05, 0.1) is 19.6 Å². The summed E-state index contributed by atoms with van der Waals surface area (Å²) in [5, 5.41) is 0. The van der Waals surface area contributed by atoms with Gasteiger partial charge in [-0.25, -0.2) is 4.79 Å². The fourth-order valence-electron chi connectivity index (χ4n) is 2.63. The van der Waals surface area contributed by atoms with Gasteiger partial charge in [-0.3, -0.25) is 9.59 Å². The third kappa shape index (κ3) is 1.99. The molecule has 3 atom stereocenters. The Morgan fingerprint density at radius 3 is 2.82 bits per heavy atom. The summed E-state index contributed by atoms with van der Waals surface area (Å²) >= 11 is 0. The van der Waals surface area contributed by atoms with Crippen molar-refractivity contribution in [3.8, 4) is 0 Å². The normalized spacial score (nSPS) is 31.1. The van der Waals surface area contributed by atoms with Crippen LogP contribution >= 0.6 is 0 Å². The Bertz CT molecular complexity index is 367. The quantitative estimate of drug-likeness (QED) is 0.660. The van der Waals surface area contributed by atoms with Crippen molar-refractivity contribution < 1.29 is 23.9 Å². The monoisotopic (exact) mass is 241 g/mol. The van der Waals surface area contributed by atoms with E-state index < -0.39 is 6.09 Å². The molecule has 2 saturated heterocycles. The molecule has 0 aliphatic carbocycles. The third-order valence-corrected chi connectivity index (χ3v) is 3.57. The number of ketones is 1. The van der Waals surface area contributed by atoms with Crippen molar-refractivity contribution in [3.05, 3.63) is 0 Å². The molecule has 0 aromatic heterocycles. The molecule has 0 saturated carbocycles. The number of ether oxygens (including phenoxy) is 2. The molecular weight excluding hydrogens is 226 g/mol. The van der Waals surface area contributed by atoms with Gasteiger partial charge in [0.25, 0.3) is 0 Å². The van der Waals surface area contributed by atoms with Gasteiger partial charge in [0, 0.05) is 18.4 Å². The number of hydrogen-bond donors (Lipinski definition) is 0. The van der Waals surface area contributed by atoms with Crippen LogP contribution in [0.25, 0.3) is 0 Å². The first-order valence-corrected chi connectivity index (χ1v) is 5.55. The summed E-state index contributed by atoms with van der Waals surface area (Å²) < 4.78 is 9.54. The molecule has 2 rings (SSSR count). The highest BCUT2D eigenvalue weighted by Gasteiger charge is 2.50. The molecule has 6 nitrogen and oxygen atoms in total. The number of esters is 1. The largest absolute Gasteiger partial charge is 0.469 e. The molecule has 2 aliphatic heterocycles. The molecule has 1 amide bonds. The van der Waals surface area contributed by atoms with Gasteiger partial charge in [0.2, 0.25) is 0 Å². The third-order valence-electron chi connectivity index (χ3n) is 3.57. The summed E-state index contributed by atoms with van der Waals surface area (Å²) in [5.41, 5.74) is 0. The van der Waals surface area contributed by atoms with Crippen molar-refractivity contribution >= 4 is 17.8 Å².